The van der Waals surface area contributed by atoms with Gasteiger partial charge in [-0.05, 0) is 43.0 Å². The quantitative estimate of drug-likeness (QED) is 0.303. The van der Waals surface area contributed by atoms with E-state index in [-0.39, 0.29) is 48.2 Å². The summed E-state index contributed by atoms with van der Waals surface area (Å²) in [5.41, 5.74) is 3.01. The molecule has 216 valence electrons. The number of sulfonamides is 1. The number of hydrogen-bond donors (Lipinski definition) is 1. The van der Waals surface area contributed by atoms with Crippen LogP contribution in [0, 0.1) is 6.92 Å². The number of rotatable bonds is 13. The molecule has 0 radical (unpaired) electrons. The van der Waals surface area contributed by atoms with Crippen molar-refractivity contribution >= 4 is 27.7 Å². The maximum absolute atomic E-state index is 13.8. The zero-order chi connectivity index (χ0) is 29.4. The Kier molecular flexibility index (Phi) is 9.94. The number of nitrogens with zero attached hydrogens (tertiary/aromatic N) is 2. The predicted molar refractivity (Wildman–Crippen MR) is 157 cm³/mol. The average Bonchev–Trinajstić information content (AvgIpc) is 3.16. The minimum Gasteiger partial charge on any atom is -0.354 e. The molecule has 1 heterocycles. The van der Waals surface area contributed by atoms with Crippen LogP contribution in [-0.4, -0.2) is 54.5 Å². The van der Waals surface area contributed by atoms with E-state index in [0.717, 1.165) is 33.8 Å². The molecule has 3 aromatic rings. The first kappa shape index (κ1) is 30.0. The Morgan fingerprint density at radius 2 is 1.63 bits per heavy atom. The molecule has 9 heteroatoms. The van der Waals surface area contributed by atoms with Crippen molar-refractivity contribution in [2.24, 2.45) is 0 Å². The standard InChI is InChI=1S/C32H37N3O5S/c1-3-4-19-33-31(37)28(22-25-13-6-5-7-14-25)34(23-26-15-10-12-24(2)21-26)30(36)18-11-20-35-32(38)27-16-8-9-17-29(27)41(35,39)40/h5-10,12-17,21,28H,3-4,11,18-20,22-23H2,1-2H3,(H,33,37)/t28-/m1/s1. The largest absolute Gasteiger partial charge is 0.354 e. The summed E-state index contributed by atoms with van der Waals surface area (Å²) in [6, 6.07) is 22.7. The van der Waals surface area contributed by atoms with Crippen molar-refractivity contribution in [1.29, 1.82) is 0 Å². The lowest BCUT2D eigenvalue weighted by Crippen LogP contribution is -2.50. The lowest BCUT2D eigenvalue weighted by Gasteiger charge is -2.32. The molecule has 0 aromatic heterocycles. The first-order chi connectivity index (χ1) is 19.7. The van der Waals surface area contributed by atoms with Crippen LogP contribution in [0.25, 0.3) is 0 Å². The molecule has 0 spiro atoms. The van der Waals surface area contributed by atoms with Crippen molar-refractivity contribution in [2.75, 3.05) is 13.1 Å². The second-order valence-corrected chi connectivity index (χ2v) is 12.2. The normalized spacial score (nSPS) is 14.4. The van der Waals surface area contributed by atoms with E-state index in [2.05, 4.69) is 5.32 Å². The van der Waals surface area contributed by atoms with Crippen molar-refractivity contribution in [3.8, 4) is 0 Å². The Labute approximate surface area is 242 Å². The van der Waals surface area contributed by atoms with Crippen molar-refractivity contribution in [3.05, 3.63) is 101 Å². The number of carbonyl (C=O) groups excluding carboxylic acids is 3. The van der Waals surface area contributed by atoms with E-state index >= 15 is 0 Å². The Morgan fingerprint density at radius 3 is 2.34 bits per heavy atom. The van der Waals surface area contributed by atoms with Gasteiger partial charge < -0.3 is 10.2 Å². The molecule has 41 heavy (non-hydrogen) atoms. The van der Waals surface area contributed by atoms with Crippen LogP contribution < -0.4 is 5.32 Å². The van der Waals surface area contributed by atoms with E-state index in [1.165, 1.54) is 12.1 Å². The Morgan fingerprint density at radius 1 is 0.927 bits per heavy atom. The van der Waals surface area contributed by atoms with Gasteiger partial charge in [-0.2, -0.15) is 0 Å². The number of hydrogen-bond acceptors (Lipinski definition) is 5. The van der Waals surface area contributed by atoms with Crippen molar-refractivity contribution < 1.29 is 22.8 Å². The summed E-state index contributed by atoms with van der Waals surface area (Å²) in [5, 5.41) is 3.00. The van der Waals surface area contributed by atoms with E-state index in [1.807, 2.05) is 68.4 Å². The van der Waals surface area contributed by atoms with Gasteiger partial charge in [0.25, 0.3) is 15.9 Å². The van der Waals surface area contributed by atoms with Gasteiger partial charge in [0.2, 0.25) is 11.8 Å². The minimum atomic E-state index is -3.96. The summed E-state index contributed by atoms with van der Waals surface area (Å²) < 4.78 is 26.8. The number of amides is 3. The lowest BCUT2D eigenvalue weighted by molar-refractivity contribution is -0.141. The van der Waals surface area contributed by atoms with Crippen molar-refractivity contribution in [2.45, 2.75) is 63.4 Å². The maximum atomic E-state index is 13.8. The third-order valence-corrected chi connectivity index (χ3v) is 9.04. The van der Waals surface area contributed by atoms with Crippen LogP contribution in [-0.2, 0) is 32.6 Å². The second kappa shape index (κ2) is 13.6. The molecule has 0 bridgehead atoms. The summed E-state index contributed by atoms with van der Waals surface area (Å²) in [6.07, 6.45) is 2.21. The zero-order valence-electron chi connectivity index (χ0n) is 23.6. The molecule has 1 aliphatic rings. The monoisotopic (exact) mass is 575 g/mol. The molecule has 1 atom stereocenters. The van der Waals surface area contributed by atoms with E-state index in [1.54, 1.807) is 17.0 Å². The average molecular weight is 576 g/mol. The summed E-state index contributed by atoms with van der Waals surface area (Å²) in [6.45, 7) is 4.64. The zero-order valence-corrected chi connectivity index (χ0v) is 24.4. The summed E-state index contributed by atoms with van der Waals surface area (Å²) in [4.78, 5) is 41.8. The summed E-state index contributed by atoms with van der Waals surface area (Å²) in [7, 11) is -3.96. The fourth-order valence-corrected chi connectivity index (χ4v) is 6.64. The first-order valence-corrected chi connectivity index (χ1v) is 15.5. The second-order valence-electron chi connectivity index (χ2n) is 10.3. The number of benzene rings is 3. The van der Waals surface area contributed by atoms with Crippen LogP contribution in [0.2, 0.25) is 0 Å². The van der Waals surface area contributed by atoms with Gasteiger partial charge in [0.1, 0.15) is 10.9 Å². The Hall–Kier alpha value is -3.98. The fraction of sp³-hybridized carbons (Fsp3) is 0.344. The summed E-state index contributed by atoms with van der Waals surface area (Å²) >= 11 is 0. The third-order valence-electron chi connectivity index (χ3n) is 7.20. The van der Waals surface area contributed by atoms with Crippen molar-refractivity contribution in [1.82, 2.24) is 14.5 Å². The van der Waals surface area contributed by atoms with Gasteiger partial charge in [0, 0.05) is 32.5 Å². The molecule has 1 N–H and O–H groups in total. The molecule has 0 unspecified atom stereocenters. The SMILES string of the molecule is CCCCNC(=O)[C@@H](Cc1ccccc1)N(Cc1cccc(C)c1)C(=O)CCCN1C(=O)c2ccccc2S1(=O)=O. The molecule has 8 nitrogen and oxygen atoms in total. The lowest BCUT2D eigenvalue weighted by atomic mass is 10.0. The molecule has 0 saturated carbocycles. The molecular weight excluding hydrogens is 538 g/mol. The molecule has 4 rings (SSSR count). The molecule has 0 saturated heterocycles. The minimum absolute atomic E-state index is 0.0101. The fourth-order valence-electron chi connectivity index (χ4n) is 5.04. The van der Waals surface area contributed by atoms with Gasteiger partial charge in [-0.1, -0.05) is 85.6 Å². The van der Waals surface area contributed by atoms with Crippen LogP contribution in [0.3, 0.4) is 0 Å². The van der Waals surface area contributed by atoms with Crippen LogP contribution in [0.15, 0.2) is 83.8 Å². The Balaban J connectivity index is 1.56. The topological polar surface area (TPSA) is 104 Å². The van der Waals surface area contributed by atoms with Crippen LogP contribution in [0.1, 0.15) is 59.7 Å². The van der Waals surface area contributed by atoms with Crippen LogP contribution in [0.4, 0.5) is 0 Å². The smallest absolute Gasteiger partial charge is 0.269 e. The van der Waals surface area contributed by atoms with Gasteiger partial charge in [-0.3, -0.25) is 14.4 Å². The molecule has 1 aliphatic heterocycles. The molecule has 0 aliphatic carbocycles. The number of aryl methyl sites for hydroxylation is 1. The van der Waals surface area contributed by atoms with Gasteiger partial charge in [0.15, 0.2) is 0 Å². The van der Waals surface area contributed by atoms with Gasteiger partial charge >= 0.3 is 0 Å². The number of unbranched alkanes of at least 4 members (excludes halogenated alkanes) is 1. The Bertz CT molecular complexity index is 1490. The van der Waals surface area contributed by atoms with Gasteiger partial charge in [-0.25, -0.2) is 12.7 Å². The van der Waals surface area contributed by atoms with Gasteiger partial charge in [0.05, 0.1) is 5.56 Å². The summed E-state index contributed by atoms with van der Waals surface area (Å²) in [5.74, 6) is -1.09. The highest BCUT2D eigenvalue weighted by molar-refractivity contribution is 7.90. The highest BCUT2D eigenvalue weighted by Crippen LogP contribution is 2.30. The predicted octanol–water partition coefficient (Wildman–Crippen LogP) is 4.48. The molecule has 0 fully saturated rings. The number of nitrogens with one attached hydrogen (secondary N) is 1. The van der Waals surface area contributed by atoms with E-state index in [0.29, 0.717) is 13.0 Å². The molecule has 3 amide bonds. The van der Waals surface area contributed by atoms with E-state index < -0.39 is 22.0 Å². The van der Waals surface area contributed by atoms with Gasteiger partial charge in [-0.15, -0.1) is 0 Å². The highest BCUT2D eigenvalue weighted by atomic mass is 32.2. The van der Waals surface area contributed by atoms with E-state index in [9.17, 15) is 22.8 Å². The first-order valence-electron chi connectivity index (χ1n) is 14.0. The number of fused-ring (bicyclic) bond motifs is 1. The molecule has 3 aromatic carbocycles. The van der Waals surface area contributed by atoms with Crippen molar-refractivity contribution in [3.63, 3.8) is 0 Å². The van der Waals surface area contributed by atoms with Crippen LogP contribution >= 0.6 is 0 Å². The van der Waals surface area contributed by atoms with Crippen LogP contribution in [0.5, 0.6) is 0 Å². The highest BCUT2D eigenvalue weighted by Gasteiger charge is 2.40. The maximum Gasteiger partial charge on any atom is 0.269 e. The molecular formula is C32H37N3O5S. The van der Waals surface area contributed by atoms with E-state index in [4.69, 9.17) is 0 Å². The third kappa shape index (κ3) is 7.21. The number of carbonyl (C=O) groups is 3.